The molecule has 0 aliphatic heterocycles. The first-order valence-electron chi connectivity index (χ1n) is 5.72. The van der Waals surface area contributed by atoms with Crippen LogP contribution in [0.1, 0.15) is 38.1 Å². The maximum Gasteiger partial charge on any atom is 0.338 e. The summed E-state index contributed by atoms with van der Waals surface area (Å²) in [4.78, 5) is 36.7. The summed E-state index contributed by atoms with van der Waals surface area (Å²) in [5, 5.41) is 18.4. The number of H-pyrrole nitrogens is 1. The summed E-state index contributed by atoms with van der Waals surface area (Å²) in [5.41, 5.74) is -0.521. The van der Waals surface area contributed by atoms with Crippen molar-refractivity contribution < 1.29 is 24.6 Å². The highest BCUT2D eigenvalue weighted by Gasteiger charge is 2.29. The van der Waals surface area contributed by atoms with Crippen molar-refractivity contribution in [1.29, 1.82) is 0 Å². The standard InChI is InChI=1S/C14H11NO5/c1-7(16)11-9(13(17)18)10(14(19)20)12(15-11)8-5-3-2-4-6-8/h2-6,15H,1H3,(H,17,18)(H,19,20). The molecule has 0 atom stereocenters. The SMILES string of the molecule is CC(=O)c1[nH]c(-c2ccccc2)c(C(=O)O)c1C(=O)O. The molecule has 1 aromatic carbocycles. The van der Waals surface area contributed by atoms with Gasteiger partial charge in [0.25, 0.3) is 0 Å². The van der Waals surface area contributed by atoms with Crippen molar-refractivity contribution in [3.8, 4) is 11.3 Å². The Kier molecular flexibility index (Phi) is 3.39. The molecular formula is C14H11NO5. The fourth-order valence-corrected chi connectivity index (χ4v) is 2.01. The van der Waals surface area contributed by atoms with E-state index in [1.54, 1.807) is 30.3 Å². The number of carboxylic acid groups (broad SMARTS) is 2. The van der Waals surface area contributed by atoms with E-state index < -0.39 is 28.8 Å². The molecule has 0 bridgehead atoms. The Hall–Kier alpha value is -2.89. The Morgan fingerprint density at radius 3 is 1.95 bits per heavy atom. The third-order valence-electron chi connectivity index (χ3n) is 2.84. The number of aromatic carboxylic acids is 2. The van der Waals surface area contributed by atoms with Gasteiger partial charge in [0.2, 0.25) is 0 Å². The topological polar surface area (TPSA) is 107 Å². The minimum absolute atomic E-state index is 0.112. The molecule has 0 saturated carbocycles. The van der Waals surface area contributed by atoms with Crippen LogP contribution in [0.5, 0.6) is 0 Å². The van der Waals surface area contributed by atoms with Crippen molar-refractivity contribution in [2.24, 2.45) is 0 Å². The van der Waals surface area contributed by atoms with Crippen LogP contribution in [0.25, 0.3) is 11.3 Å². The van der Waals surface area contributed by atoms with Gasteiger partial charge in [-0.05, 0) is 5.56 Å². The second-order valence-corrected chi connectivity index (χ2v) is 4.16. The van der Waals surface area contributed by atoms with Crippen LogP contribution >= 0.6 is 0 Å². The minimum Gasteiger partial charge on any atom is -0.478 e. The maximum absolute atomic E-state index is 11.5. The van der Waals surface area contributed by atoms with Gasteiger partial charge in [-0.2, -0.15) is 0 Å². The molecule has 0 spiro atoms. The van der Waals surface area contributed by atoms with E-state index in [0.717, 1.165) is 0 Å². The van der Waals surface area contributed by atoms with Crippen LogP contribution < -0.4 is 0 Å². The van der Waals surface area contributed by atoms with Crippen LogP contribution in [0.15, 0.2) is 30.3 Å². The van der Waals surface area contributed by atoms with Crippen molar-refractivity contribution in [3.63, 3.8) is 0 Å². The normalized spacial score (nSPS) is 10.2. The number of rotatable bonds is 4. The largest absolute Gasteiger partial charge is 0.478 e. The number of carboxylic acids is 2. The van der Waals surface area contributed by atoms with Gasteiger partial charge in [-0.15, -0.1) is 0 Å². The summed E-state index contributed by atoms with van der Waals surface area (Å²) >= 11 is 0. The summed E-state index contributed by atoms with van der Waals surface area (Å²) in [6.45, 7) is 1.18. The third kappa shape index (κ3) is 2.18. The molecule has 3 N–H and O–H groups in total. The molecule has 0 aliphatic rings. The lowest BCUT2D eigenvalue weighted by Gasteiger charge is -2.00. The Labute approximate surface area is 113 Å². The Morgan fingerprint density at radius 2 is 1.50 bits per heavy atom. The zero-order chi connectivity index (χ0) is 14.9. The van der Waals surface area contributed by atoms with Gasteiger partial charge in [0, 0.05) is 6.92 Å². The highest BCUT2D eigenvalue weighted by molar-refractivity contribution is 6.13. The van der Waals surface area contributed by atoms with E-state index >= 15 is 0 Å². The first-order valence-corrected chi connectivity index (χ1v) is 5.72. The van der Waals surface area contributed by atoms with E-state index in [0.29, 0.717) is 5.56 Å². The number of hydrogen-bond acceptors (Lipinski definition) is 3. The molecule has 1 heterocycles. The molecule has 6 nitrogen and oxygen atoms in total. The number of ketones is 1. The van der Waals surface area contributed by atoms with Gasteiger partial charge in [-0.1, -0.05) is 30.3 Å². The zero-order valence-corrected chi connectivity index (χ0v) is 10.5. The second-order valence-electron chi connectivity index (χ2n) is 4.16. The molecule has 0 amide bonds. The van der Waals surface area contributed by atoms with E-state index in [4.69, 9.17) is 5.11 Å². The number of carbonyl (C=O) groups excluding carboxylic acids is 1. The third-order valence-corrected chi connectivity index (χ3v) is 2.84. The Balaban J connectivity index is 2.82. The molecular weight excluding hydrogens is 262 g/mol. The monoisotopic (exact) mass is 273 g/mol. The summed E-state index contributed by atoms with van der Waals surface area (Å²) in [5.74, 6) is -3.39. The van der Waals surface area contributed by atoms with Crippen molar-refractivity contribution in [2.75, 3.05) is 0 Å². The van der Waals surface area contributed by atoms with Crippen LogP contribution in [0.3, 0.4) is 0 Å². The molecule has 0 aliphatic carbocycles. The molecule has 102 valence electrons. The predicted molar refractivity (Wildman–Crippen MR) is 70.2 cm³/mol. The first kappa shape index (κ1) is 13.5. The van der Waals surface area contributed by atoms with Crippen LogP contribution in [-0.2, 0) is 0 Å². The van der Waals surface area contributed by atoms with Crippen LogP contribution in [-0.4, -0.2) is 32.9 Å². The van der Waals surface area contributed by atoms with E-state index in [1.807, 2.05) is 0 Å². The van der Waals surface area contributed by atoms with Crippen molar-refractivity contribution in [2.45, 2.75) is 6.92 Å². The molecule has 2 aromatic rings. The van der Waals surface area contributed by atoms with Crippen molar-refractivity contribution in [1.82, 2.24) is 4.98 Å². The molecule has 0 radical (unpaired) electrons. The Bertz CT molecular complexity index is 700. The van der Waals surface area contributed by atoms with Crippen LogP contribution in [0, 0.1) is 0 Å². The molecule has 0 saturated heterocycles. The van der Waals surface area contributed by atoms with Gasteiger partial charge >= 0.3 is 11.9 Å². The lowest BCUT2D eigenvalue weighted by molar-refractivity contribution is 0.0651. The number of carbonyl (C=O) groups is 3. The van der Waals surface area contributed by atoms with Gasteiger partial charge in [-0.3, -0.25) is 4.79 Å². The maximum atomic E-state index is 11.5. The summed E-state index contributed by atoms with van der Waals surface area (Å²) in [7, 11) is 0. The lowest BCUT2D eigenvalue weighted by atomic mass is 10.0. The fraction of sp³-hybridized carbons (Fsp3) is 0.0714. The predicted octanol–water partition coefficient (Wildman–Crippen LogP) is 2.28. The molecule has 0 fully saturated rings. The number of benzene rings is 1. The van der Waals surface area contributed by atoms with Gasteiger partial charge in [-0.25, -0.2) is 9.59 Å². The molecule has 0 unspecified atom stereocenters. The van der Waals surface area contributed by atoms with Crippen molar-refractivity contribution >= 4 is 17.7 Å². The average molecular weight is 273 g/mol. The van der Waals surface area contributed by atoms with E-state index in [-0.39, 0.29) is 11.4 Å². The van der Waals surface area contributed by atoms with Crippen LogP contribution in [0.4, 0.5) is 0 Å². The van der Waals surface area contributed by atoms with Gasteiger partial charge in [0.05, 0.1) is 11.4 Å². The molecule has 6 heteroatoms. The number of nitrogens with one attached hydrogen (secondary N) is 1. The summed E-state index contributed by atoms with van der Waals surface area (Å²) in [6, 6.07) is 8.39. The zero-order valence-electron chi connectivity index (χ0n) is 10.5. The quantitative estimate of drug-likeness (QED) is 0.741. The van der Waals surface area contributed by atoms with Crippen molar-refractivity contribution in [3.05, 3.63) is 47.2 Å². The highest BCUT2D eigenvalue weighted by Crippen LogP contribution is 2.28. The van der Waals surface area contributed by atoms with Gasteiger partial charge in [0.15, 0.2) is 5.78 Å². The average Bonchev–Trinajstić information content (AvgIpc) is 2.80. The summed E-state index contributed by atoms with van der Waals surface area (Å²) in [6.07, 6.45) is 0. The number of hydrogen-bond donors (Lipinski definition) is 3. The van der Waals surface area contributed by atoms with E-state index in [1.165, 1.54) is 6.92 Å². The van der Waals surface area contributed by atoms with E-state index in [2.05, 4.69) is 4.98 Å². The molecule has 1 aromatic heterocycles. The van der Waals surface area contributed by atoms with Crippen LogP contribution in [0.2, 0.25) is 0 Å². The van der Waals surface area contributed by atoms with Gasteiger partial charge < -0.3 is 15.2 Å². The first-order chi connectivity index (χ1) is 9.43. The number of aromatic nitrogens is 1. The second kappa shape index (κ2) is 5.00. The Morgan fingerprint density at radius 1 is 0.950 bits per heavy atom. The van der Waals surface area contributed by atoms with Gasteiger partial charge in [0.1, 0.15) is 11.1 Å². The van der Waals surface area contributed by atoms with E-state index in [9.17, 15) is 19.5 Å². The minimum atomic E-state index is -1.45. The fourth-order valence-electron chi connectivity index (χ4n) is 2.01. The number of Topliss-reactive ketones (excluding diaryl/α,β-unsaturated/α-hetero) is 1. The number of aromatic amines is 1. The molecule has 2 rings (SSSR count). The smallest absolute Gasteiger partial charge is 0.338 e. The summed E-state index contributed by atoms with van der Waals surface area (Å²) < 4.78 is 0. The highest BCUT2D eigenvalue weighted by atomic mass is 16.4. The lowest BCUT2D eigenvalue weighted by Crippen LogP contribution is -2.09. The molecule has 20 heavy (non-hydrogen) atoms.